The van der Waals surface area contributed by atoms with Gasteiger partial charge in [0, 0.05) is 12.1 Å². The van der Waals surface area contributed by atoms with E-state index in [1.807, 2.05) is 24.3 Å². The van der Waals surface area contributed by atoms with Gasteiger partial charge in [0.2, 0.25) is 5.52 Å². The average molecular weight is 256 g/mol. The van der Waals surface area contributed by atoms with E-state index < -0.39 is 16.0 Å². The molecule has 0 radical (unpaired) electrons. The first-order chi connectivity index (χ1) is 7.51. The van der Waals surface area contributed by atoms with Gasteiger partial charge in [0.25, 0.3) is 10.9 Å². The van der Waals surface area contributed by atoms with Crippen LogP contribution < -0.4 is 4.57 Å². The van der Waals surface area contributed by atoms with E-state index in [1.165, 1.54) is 15.9 Å². The smallest absolute Gasteiger partial charge is 0.281 e. The second-order valence-corrected chi connectivity index (χ2v) is 5.74. The monoisotopic (exact) mass is 256 g/mol. The number of hydrogen-bond donors (Lipinski definition) is 1. The molecule has 1 heterocycles. The molecule has 0 saturated heterocycles. The Morgan fingerprint density at radius 1 is 1.44 bits per heavy atom. The molecule has 0 spiro atoms. The molecule has 84 valence electrons. The lowest BCUT2D eigenvalue weighted by molar-refractivity contribution is -0.649. The van der Waals surface area contributed by atoms with Gasteiger partial charge in [-0.15, -0.1) is 0 Å². The average Bonchev–Trinajstić information content (AvgIpc) is 2.55. The molecule has 0 unspecified atom stereocenters. The Balaban J connectivity index is 2.69. The molecule has 1 N–H and O–H groups in total. The number of para-hydroxylation sites is 1. The summed E-state index contributed by atoms with van der Waals surface area (Å²) in [5.74, 6) is -0.446. The zero-order valence-electron chi connectivity index (χ0n) is 8.33. The van der Waals surface area contributed by atoms with Crippen LogP contribution in [0.25, 0.3) is 16.3 Å². The summed E-state index contributed by atoms with van der Waals surface area (Å²) >= 11 is 1.43. The Morgan fingerprint density at radius 3 is 2.75 bits per heavy atom. The quantitative estimate of drug-likeness (QED) is 0.671. The Kier molecular flexibility index (Phi) is 2.79. The van der Waals surface area contributed by atoms with E-state index in [-0.39, 0.29) is 0 Å². The molecule has 1 aromatic heterocycles. The summed E-state index contributed by atoms with van der Waals surface area (Å²) in [5, 5.41) is 0.707. The largest absolute Gasteiger partial charge is 0.326 e. The molecule has 0 aliphatic carbocycles. The molecular formula is C10H10NO3S2+. The lowest BCUT2D eigenvalue weighted by Crippen LogP contribution is -2.38. The minimum absolute atomic E-state index is 0.446. The van der Waals surface area contributed by atoms with Crippen LogP contribution in [-0.4, -0.2) is 13.0 Å². The molecule has 6 heteroatoms. The number of aromatic nitrogens is 1. The number of rotatable bonds is 3. The zero-order chi connectivity index (χ0) is 11.8. The molecule has 2 rings (SSSR count). The Hall–Kier alpha value is -1.24. The van der Waals surface area contributed by atoms with Crippen LogP contribution >= 0.6 is 11.3 Å². The summed E-state index contributed by atoms with van der Waals surface area (Å²) in [7, 11) is -4.05. The van der Waals surface area contributed by atoms with Crippen LogP contribution in [0.1, 0.15) is 5.01 Å². The third-order valence-electron chi connectivity index (χ3n) is 2.10. The highest BCUT2D eigenvalue weighted by Gasteiger charge is 2.22. The molecule has 0 aliphatic rings. The fraction of sp³-hybridized carbons (Fsp3) is 0.100. The van der Waals surface area contributed by atoms with Crippen molar-refractivity contribution in [2.24, 2.45) is 0 Å². The van der Waals surface area contributed by atoms with Gasteiger partial charge in [-0.3, -0.25) is 4.55 Å². The van der Waals surface area contributed by atoms with E-state index in [9.17, 15) is 8.42 Å². The molecule has 2 aromatic rings. The van der Waals surface area contributed by atoms with Crippen molar-refractivity contribution in [1.29, 1.82) is 0 Å². The Labute approximate surface area is 97.2 Å². The lowest BCUT2D eigenvalue weighted by Gasteiger charge is -1.93. The maximum Gasteiger partial charge on any atom is 0.326 e. The van der Waals surface area contributed by atoms with E-state index in [2.05, 4.69) is 6.58 Å². The highest BCUT2D eigenvalue weighted by Crippen LogP contribution is 2.20. The van der Waals surface area contributed by atoms with Gasteiger partial charge >= 0.3 is 10.1 Å². The minimum Gasteiger partial charge on any atom is -0.281 e. The van der Waals surface area contributed by atoms with Crippen molar-refractivity contribution < 1.29 is 17.5 Å². The SMILES string of the molecule is C=Cc1sc2ccccc2[n+]1CS(=O)(=O)O. The van der Waals surface area contributed by atoms with Crippen molar-refractivity contribution in [2.45, 2.75) is 5.88 Å². The summed E-state index contributed by atoms with van der Waals surface area (Å²) in [6.07, 6.45) is 1.58. The second kappa shape index (κ2) is 3.97. The standard InChI is InChI=1S/C10H9NO3S2/c1-2-10-11(7-16(12,13)14)8-5-3-4-6-9(8)15-10/h2-6H,1,7H2/p+1. The van der Waals surface area contributed by atoms with Crippen molar-refractivity contribution in [2.75, 3.05) is 0 Å². The molecule has 4 nitrogen and oxygen atoms in total. The van der Waals surface area contributed by atoms with Gasteiger partial charge < -0.3 is 0 Å². The van der Waals surface area contributed by atoms with Gasteiger partial charge in [0.15, 0.2) is 0 Å². The van der Waals surface area contributed by atoms with Crippen molar-refractivity contribution in [1.82, 2.24) is 0 Å². The molecule has 0 saturated carbocycles. The maximum absolute atomic E-state index is 10.9. The topological polar surface area (TPSA) is 58.2 Å². The Bertz CT molecular complexity index is 643. The van der Waals surface area contributed by atoms with Crippen molar-refractivity contribution in [3.63, 3.8) is 0 Å². The summed E-state index contributed by atoms with van der Waals surface area (Å²) in [5.41, 5.74) is 0.778. The third kappa shape index (κ3) is 2.13. The van der Waals surface area contributed by atoms with Crippen molar-refractivity contribution >= 4 is 37.7 Å². The first-order valence-electron chi connectivity index (χ1n) is 4.50. The van der Waals surface area contributed by atoms with Crippen LogP contribution in [0.2, 0.25) is 0 Å². The molecule has 0 fully saturated rings. The minimum atomic E-state index is -4.05. The first-order valence-corrected chi connectivity index (χ1v) is 6.93. The number of thiazole rings is 1. The zero-order valence-corrected chi connectivity index (χ0v) is 9.96. The van der Waals surface area contributed by atoms with Crippen LogP contribution in [0.15, 0.2) is 30.8 Å². The van der Waals surface area contributed by atoms with Gasteiger partial charge in [-0.1, -0.05) is 30.0 Å². The fourth-order valence-corrected chi connectivity index (χ4v) is 3.20. The molecule has 0 atom stereocenters. The summed E-state index contributed by atoms with van der Waals surface area (Å²) < 4.78 is 33.2. The molecule has 16 heavy (non-hydrogen) atoms. The van der Waals surface area contributed by atoms with Gasteiger partial charge in [-0.25, -0.2) is 0 Å². The van der Waals surface area contributed by atoms with E-state index in [4.69, 9.17) is 4.55 Å². The summed E-state index contributed by atoms with van der Waals surface area (Å²) in [6, 6.07) is 7.41. The van der Waals surface area contributed by atoms with E-state index in [1.54, 1.807) is 6.08 Å². The van der Waals surface area contributed by atoms with Gasteiger partial charge in [0.1, 0.15) is 4.70 Å². The van der Waals surface area contributed by atoms with Crippen LogP contribution in [-0.2, 0) is 16.0 Å². The van der Waals surface area contributed by atoms with Crippen molar-refractivity contribution in [3.8, 4) is 0 Å². The van der Waals surface area contributed by atoms with Crippen molar-refractivity contribution in [3.05, 3.63) is 35.9 Å². The van der Waals surface area contributed by atoms with Crippen LogP contribution in [0.4, 0.5) is 0 Å². The van der Waals surface area contributed by atoms with Crippen LogP contribution in [0, 0.1) is 0 Å². The molecule has 0 bridgehead atoms. The maximum atomic E-state index is 10.9. The Morgan fingerprint density at radius 2 is 2.12 bits per heavy atom. The predicted octanol–water partition coefficient (Wildman–Crippen LogP) is 1.68. The number of hydrogen-bond acceptors (Lipinski definition) is 3. The highest BCUT2D eigenvalue weighted by molar-refractivity contribution is 7.84. The predicted molar refractivity (Wildman–Crippen MR) is 63.7 cm³/mol. The summed E-state index contributed by atoms with van der Waals surface area (Å²) in [4.78, 5) is 0. The molecule has 1 aromatic carbocycles. The van der Waals surface area contributed by atoms with Gasteiger partial charge in [0.05, 0.1) is 0 Å². The van der Waals surface area contributed by atoms with Gasteiger partial charge in [-0.05, 0) is 6.07 Å². The van der Waals surface area contributed by atoms with E-state index in [0.717, 1.165) is 10.2 Å². The first kappa shape index (κ1) is 11.3. The van der Waals surface area contributed by atoms with Crippen LogP contribution in [0.3, 0.4) is 0 Å². The number of fused-ring (bicyclic) bond motifs is 1. The molecule has 0 amide bonds. The fourth-order valence-electron chi connectivity index (χ4n) is 1.50. The van der Waals surface area contributed by atoms with Gasteiger partial charge in [-0.2, -0.15) is 13.0 Å². The molecule has 0 aliphatic heterocycles. The second-order valence-electron chi connectivity index (χ2n) is 3.25. The normalized spacial score (nSPS) is 11.8. The number of benzene rings is 1. The highest BCUT2D eigenvalue weighted by atomic mass is 32.2. The van der Waals surface area contributed by atoms with Crippen LogP contribution in [0.5, 0.6) is 0 Å². The number of nitrogens with zero attached hydrogens (tertiary/aromatic N) is 1. The van der Waals surface area contributed by atoms with E-state index in [0.29, 0.717) is 5.01 Å². The summed E-state index contributed by atoms with van der Waals surface area (Å²) in [6.45, 7) is 3.63. The van der Waals surface area contributed by atoms with E-state index >= 15 is 0 Å². The lowest BCUT2D eigenvalue weighted by atomic mass is 10.3. The third-order valence-corrected chi connectivity index (χ3v) is 3.85. The molecular weight excluding hydrogens is 246 g/mol.